The molecule has 0 heterocycles. The molecule has 0 atom stereocenters. The summed E-state index contributed by atoms with van der Waals surface area (Å²) in [6.45, 7) is -0.0246. The number of nitro groups is 1. The molecule has 2 N–H and O–H groups in total. The van der Waals surface area contributed by atoms with Crippen molar-refractivity contribution < 1.29 is 18.1 Å². The number of nitrogens with zero attached hydrogens (tertiary/aromatic N) is 2. The second-order valence-corrected chi connectivity index (χ2v) is 5.60. The van der Waals surface area contributed by atoms with E-state index in [9.17, 15) is 23.3 Å². The smallest absolute Gasteiger partial charge is 0.269 e. The number of benzene rings is 1. The van der Waals surface area contributed by atoms with Gasteiger partial charge in [-0.25, -0.2) is 13.1 Å². The van der Waals surface area contributed by atoms with E-state index in [-0.39, 0.29) is 30.1 Å². The highest BCUT2D eigenvalue weighted by Crippen LogP contribution is 2.15. The Labute approximate surface area is 120 Å². The van der Waals surface area contributed by atoms with Crippen LogP contribution in [0.15, 0.2) is 29.2 Å². The number of hydrogen-bond acceptors (Lipinski definition) is 6. The van der Waals surface area contributed by atoms with Crippen molar-refractivity contribution in [2.24, 2.45) is 0 Å². The van der Waals surface area contributed by atoms with Gasteiger partial charge in [-0.15, -0.1) is 0 Å². The van der Waals surface area contributed by atoms with Gasteiger partial charge >= 0.3 is 0 Å². The zero-order valence-corrected chi connectivity index (χ0v) is 11.6. The van der Waals surface area contributed by atoms with Crippen LogP contribution >= 0.6 is 0 Å². The summed E-state index contributed by atoms with van der Waals surface area (Å²) >= 11 is 0. The first kappa shape index (κ1) is 16.5. The molecule has 0 saturated heterocycles. The maximum absolute atomic E-state index is 11.8. The fraction of sp³-hybridized carbons (Fsp3) is 0.273. The van der Waals surface area contributed by atoms with Crippen LogP contribution < -0.4 is 10.0 Å². The third kappa shape index (κ3) is 5.17. The van der Waals surface area contributed by atoms with Crippen molar-refractivity contribution in [2.45, 2.75) is 11.3 Å². The van der Waals surface area contributed by atoms with Gasteiger partial charge in [0.05, 0.1) is 15.9 Å². The molecular weight excluding hydrogens is 300 g/mol. The predicted molar refractivity (Wildman–Crippen MR) is 71.5 cm³/mol. The van der Waals surface area contributed by atoms with Gasteiger partial charge in [0.15, 0.2) is 0 Å². The van der Waals surface area contributed by atoms with Crippen LogP contribution in [0.1, 0.15) is 6.42 Å². The van der Waals surface area contributed by atoms with Crippen molar-refractivity contribution in [1.29, 1.82) is 5.26 Å². The summed E-state index contributed by atoms with van der Waals surface area (Å²) in [6, 6.07) is 6.07. The number of carbonyl (C=O) groups excluding carboxylic acids is 1. The molecule has 0 spiro atoms. The lowest BCUT2D eigenvalue weighted by Crippen LogP contribution is -2.34. The molecule has 21 heavy (non-hydrogen) atoms. The zero-order valence-electron chi connectivity index (χ0n) is 10.8. The molecule has 0 fully saturated rings. The molecule has 10 heteroatoms. The van der Waals surface area contributed by atoms with Gasteiger partial charge < -0.3 is 5.32 Å². The highest BCUT2D eigenvalue weighted by atomic mass is 32.2. The van der Waals surface area contributed by atoms with Gasteiger partial charge in [-0.1, -0.05) is 0 Å². The lowest BCUT2D eigenvalue weighted by atomic mass is 10.3. The van der Waals surface area contributed by atoms with E-state index in [4.69, 9.17) is 5.26 Å². The molecule has 0 bridgehead atoms. The Morgan fingerprint density at radius 3 is 2.43 bits per heavy atom. The maximum Gasteiger partial charge on any atom is 0.269 e. The first-order chi connectivity index (χ1) is 9.86. The lowest BCUT2D eigenvalue weighted by Gasteiger charge is -2.07. The van der Waals surface area contributed by atoms with Gasteiger partial charge in [-0.2, -0.15) is 5.26 Å². The summed E-state index contributed by atoms with van der Waals surface area (Å²) < 4.78 is 25.9. The van der Waals surface area contributed by atoms with Crippen molar-refractivity contribution in [3.8, 4) is 6.07 Å². The summed E-state index contributed by atoms with van der Waals surface area (Å²) in [5.74, 6) is -0.493. The lowest BCUT2D eigenvalue weighted by molar-refractivity contribution is -0.384. The molecule has 1 aromatic carbocycles. The zero-order chi connectivity index (χ0) is 15.9. The van der Waals surface area contributed by atoms with E-state index in [1.807, 2.05) is 0 Å². The Kier molecular flexibility index (Phi) is 5.77. The van der Waals surface area contributed by atoms with Gasteiger partial charge in [0, 0.05) is 25.2 Å². The molecule has 1 aromatic rings. The second-order valence-electron chi connectivity index (χ2n) is 3.83. The molecule has 0 unspecified atom stereocenters. The van der Waals surface area contributed by atoms with Crippen LogP contribution in [0.5, 0.6) is 0 Å². The van der Waals surface area contributed by atoms with Crippen LogP contribution in [0.4, 0.5) is 5.69 Å². The number of sulfonamides is 1. The summed E-state index contributed by atoms with van der Waals surface area (Å²) in [6.07, 6.45) is -0.297. The molecule has 0 aromatic heterocycles. The molecule has 0 radical (unpaired) electrons. The van der Waals surface area contributed by atoms with E-state index in [1.165, 1.54) is 0 Å². The van der Waals surface area contributed by atoms with E-state index in [0.717, 1.165) is 24.3 Å². The minimum absolute atomic E-state index is 0.0344. The summed E-state index contributed by atoms with van der Waals surface area (Å²) in [4.78, 5) is 20.7. The molecular formula is C11H12N4O5S. The third-order valence-corrected chi connectivity index (χ3v) is 3.81. The molecule has 0 aliphatic heterocycles. The number of amides is 1. The van der Waals surface area contributed by atoms with E-state index in [0.29, 0.717) is 0 Å². The highest BCUT2D eigenvalue weighted by molar-refractivity contribution is 7.89. The Morgan fingerprint density at radius 1 is 1.29 bits per heavy atom. The van der Waals surface area contributed by atoms with Crippen molar-refractivity contribution in [1.82, 2.24) is 10.0 Å². The number of rotatable bonds is 7. The summed E-state index contributed by atoms with van der Waals surface area (Å²) in [5.41, 5.74) is -0.210. The van der Waals surface area contributed by atoms with Gasteiger partial charge in [0.25, 0.3) is 5.69 Å². The minimum atomic E-state index is -3.80. The molecule has 1 amide bonds. The predicted octanol–water partition coefficient (Wildman–Crippen LogP) is -0.0970. The molecule has 1 rings (SSSR count). The maximum atomic E-state index is 11.8. The van der Waals surface area contributed by atoms with Crippen molar-refractivity contribution in [3.05, 3.63) is 34.4 Å². The number of hydrogen-bond donors (Lipinski definition) is 2. The summed E-state index contributed by atoms with van der Waals surface area (Å²) in [5, 5.41) is 21.1. The van der Waals surface area contributed by atoms with Crippen LogP contribution in [0, 0.1) is 21.4 Å². The number of nitriles is 1. The third-order valence-electron chi connectivity index (χ3n) is 2.34. The van der Waals surface area contributed by atoms with Gasteiger partial charge in [-0.3, -0.25) is 14.9 Å². The number of nitro benzene ring substituents is 1. The fourth-order valence-corrected chi connectivity index (χ4v) is 2.38. The first-order valence-corrected chi connectivity index (χ1v) is 7.23. The molecule has 0 aliphatic carbocycles. The number of carbonyl (C=O) groups is 1. The van der Waals surface area contributed by atoms with Gasteiger partial charge in [0.1, 0.15) is 6.42 Å². The Morgan fingerprint density at radius 2 is 1.90 bits per heavy atom. The van der Waals surface area contributed by atoms with Crippen molar-refractivity contribution >= 4 is 21.6 Å². The van der Waals surface area contributed by atoms with E-state index >= 15 is 0 Å². The topological polar surface area (TPSA) is 142 Å². The van der Waals surface area contributed by atoms with Crippen LogP contribution in [0.3, 0.4) is 0 Å². The van der Waals surface area contributed by atoms with Crippen LogP contribution in [0.2, 0.25) is 0 Å². The van der Waals surface area contributed by atoms with Crippen LogP contribution in [-0.4, -0.2) is 32.3 Å². The number of nitrogens with one attached hydrogen (secondary N) is 2. The Bertz CT molecular complexity index is 663. The normalized spacial score (nSPS) is 10.6. The Hall–Kier alpha value is -2.51. The van der Waals surface area contributed by atoms with Gasteiger partial charge in [-0.05, 0) is 12.1 Å². The van der Waals surface area contributed by atoms with E-state index in [1.54, 1.807) is 6.07 Å². The summed E-state index contributed by atoms with van der Waals surface area (Å²) in [7, 11) is -3.80. The minimum Gasteiger partial charge on any atom is -0.354 e. The second kappa shape index (κ2) is 7.32. The monoisotopic (exact) mass is 312 g/mol. The average molecular weight is 312 g/mol. The highest BCUT2D eigenvalue weighted by Gasteiger charge is 2.15. The van der Waals surface area contributed by atoms with Crippen molar-refractivity contribution in [3.63, 3.8) is 0 Å². The first-order valence-electron chi connectivity index (χ1n) is 5.74. The van der Waals surface area contributed by atoms with Crippen LogP contribution in [-0.2, 0) is 14.8 Å². The largest absolute Gasteiger partial charge is 0.354 e. The number of non-ortho nitro benzene ring substituents is 1. The molecule has 0 aliphatic rings. The van der Waals surface area contributed by atoms with Crippen molar-refractivity contribution in [2.75, 3.05) is 13.1 Å². The Balaban J connectivity index is 2.56. The molecule has 0 saturated carbocycles. The molecule has 9 nitrogen and oxygen atoms in total. The quantitative estimate of drug-likeness (QED) is 0.409. The average Bonchev–Trinajstić information content (AvgIpc) is 2.44. The fourth-order valence-electron chi connectivity index (χ4n) is 1.35. The van der Waals surface area contributed by atoms with Gasteiger partial charge in [0.2, 0.25) is 15.9 Å². The van der Waals surface area contributed by atoms with Crippen LogP contribution in [0.25, 0.3) is 0 Å². The molecule has 112 valence electrons. The standard InChI is InChI=1S/C11H12N4O5S/c12-6-5-11(16)13-7-8-14-21(19,20)10-3-1-9(2-4-10)15(17)18/h1-4,14H,5,7-8H2,(H,13,16). The van der Waals surface area contributed by atoms with E-state index < -0.39 is 20.9 Å². The SMILES string of the molecule is N#CCC(=O)NCCNS(=O)(=O)c1ccc([N+](=O)[O-])cc1. The van der Waals surface area contributed by atoms with E-state index in [2.05, 4.69) is 10.0 Å².